The summed E-state index contributed by atoms with van der Waals surface area (Å²) >= 11 is 6.20. The Morgan fingerprint density at radius 1 is 1.04 bits per heavy atom. The normalized spacial score (nSPS) is 11.7. The van der Waals surface area contributed by atoms with E-state index in [0.717, 1.165) is 16.9 Å². The zero-order valence-corrected chi connectivity index (χ0v) is 13.4. The minimum atomic E-state index is -0.139. The standard InChI is InChI=1S/C18H16ClN3O/c1-23-16-10-6-5-9-14(16)17(13-7-3-2-4-8-13)22-18-15(19)11-20-12-21-18/h2-12,17H,1H3,(H,20,21,22). The van der Waals surface area contributed by atoms with E-state index in [1.807, 2.05) is 42.5 Å². The summed E-state index contributed by atoms with van der Waals surface area (Å²) in [4.78, 5) is 8.15. The van der Waals surface area contributed by atoms with Crippen LogP contribution in [0.15, 0.2) is 67.1 Å². The molecule has 0 bridgehead atoms. The Morgan fingerprint density at radius 3 is 2.52 bits per heavy atom. The molecule has 23 heavy (non-hydrogen) atoms. The van der Waals surface area contributed by atoms with E-state index < -0.39 is 0 Å². The molecule has 0 spiro atoms. The zero-order chi connectivity index (χ0) is 16.1. The van der Waals surface area contributed by atoms with Crippen LogP contribution < -0.4 is 10.1 Å². The number of ether oxygens (including phenoxy) is 1. The maximum atomic E-state index is 6.20. The summed E-state index contributed by atoms with van der Waals surface area (Å²) in [5.74, 6) is 1.39. The number of para-hydroxylation sites is 1. The lowest BCUT2D eigenvalue weighted by Gasteiger charge is -2.22. The van der Waals surface area contributed by atoms with Gasteiger partial charge < -0.3 is 10.1 Å². The lowest BCUT2D eigenvalue weighted by molar-refractivity contribution is 0.408. The summed E-state index contributed by atoms with van der Waals surface area (Å²) in [7, 11) is 1.67. The third kappa shape index (κ3) is 3.43. The van der Waals surface area contributed by atoms with E-state index >= 15 is 0 Å². The van der Waals surface area contributed by atoms with E-state index in [-0.39, 0.29) is 6.04 Å². The Bertz CT molecular complexity index is 780. The third-order valence-electron chi connectivity index (χ3n) is 3.53. The quantitative estimate of drug-likeness (QED) is 0.758. The van der Waals surface area contributed by atoms with Crippen molar-refractivity contribution in [2.45, 2.75) is 6.04 Å². The molecule has 0 radical (unpaired) electrons. The Hall–Kier alpha value is -2.59. The maximum absolute atomic E-state index is 6.20. The number of hydrogen-bond acceptors (Lipinski definition) is 4. The van der Waals surface area contributed by atoms with Crippen molar-refractivity contribution in [3.05, 3.63) is 83.3 Å². The van der Waals surface area contributed by atoms with Crippen molar-refractivity contribution in [3.63, 3.8) is 0 Å². The molecule has 4 nitrogen and oxygen atoms in total. The molecule has 3 aromatic rings. The van der Waals surface area contributed by atoms with Crippen LogP contribution in [0.1, 0.15) is 17.2 Å². The number of hydrogen-bond donors (Lipinski definition) is 1. The van der Waals surface area contributed by atoms with E-state index in [1.165, 1.54) is 6.33 Å². The second-order valence-electron chi connectivity index (χ2n) is 4.95. The molecule has 0 amide bonds. The number of nitrogens with zero attached hydrogens (tertiary/aromatic N) is 2. The molecule has 1 atom stereocenters. The van der Waals surface area contributed by atoms with Gasteiger partial charge >= 0.3 is 0 Å². The topological polar surface area (TPSA) is 47.0 Å². The first-order valence-electron chi connectivity index (χ1n) is 7.19. The van der Waals surface area contributed by atoms with Gasteiger partial charge in [0.25, 0.3) is 0 Å². The predicted molar refractivity (Wildman–Crippen MR) is 91.9 cm³/mol. The van der Waals surface area contributed by atoms with Crippen LogP contribution in [0, 0.1) is 0 Å². The summed E-state index contributed by atoms with van der Waals surface area (Å²) in [6.07, 6.45) is 3.04. The van der Waals surface area contributed by atoms with Crippen molar-refractivity contribution < 1.29 is 4.74 Å². The fourth-order valence-corrected chi connectivity index (χ4v) is 2.61. The number of halogens is 1. The monoisotopic (exact) mass is 325 g/mol. The van der Waals surface area contributed by atoms with Gasteiger partial charge in [0.2, 0.25) is 0 Å². The second-order valence-corrected chi connectivity index (χ2v) is 5.36. The average molecular weight is 326 g/mol. The van der Waals surface area contributed by atoms with Gasteiger partial charge in [-0.3, -0.25) is 0 Å². The first kappa shape index (κ1) is 15.3. The zero-order valence-electron chi connectivity index (χ0n) is 12.6. The van der Waals surface area contributed by atoms with Crippen LogP contribution in [0.25, 0.3) is 0 Å². The first-order chi connectivity index (χ1) is 11.3. The minimum absolute atomic E-state index is 0.139. The lowest BCUT2D eigenvalue weighted by Crippen LogP contribution is -2.14. The van der Waals surface area contributed by atoms with Crippen LogP contribution in [0.5, 0.6) is 5.75 Å². The number of nitrogens with one attached hydrogen (secondary N) is 1. The summed E-state index contributed by atoms with van der Waals surface area (Å²) in [6, 6.07) is 17.9. The molecule has 1 heterocycles. The summed E-state index contributed by atoms with van der Waals surface area (Å²) in [6.45, 7) is 0. The van der Waals surface area contributed by atoms with Crippen molar-refractivity contribution in [1.82, 2.24) is 9.97 Å². The van der Waals surface area contributed by atoms with Crippen LogP contribution >= 0.6 is 11.6 Å². The number of aromatic nitrogens is 2. The summed E-state index contributed by atoms with van der Waals surface area (Å²) in [5, 5.41) is 3.87. The molecule has 1 aromatic heterocycles. The molecule has 0 saturated carbocycles. The first-order valence-corrected chi connectivity index (χ1v) is 7.57. The van der Waals surface area contributed by atoms with Crippen LogP contribution in [0.4, 0.5) is 5.82 Å². The Labute approximate surface area is 140 Å². The highest BCUT2D eigenvalue weighted by atomic mass is 35.5. The summed E-state index contributed by atoms with van der Waals surface area (Å²) in [5.41, 5.74) is 2.10. The molecular weight excluding hydrogens is 310 g/mol. The average Bonchev–Trinajstić information content (AvgIpc) is 2.62. The van der Waals surface area contributed by atoms with Crippen molar-refractivity contribution in [1.29, 1.82) is 0 Å². The molecule has 1 N–H and O–H groups in total. The highest BCUT2D eigenvalue weighted by Crippen LogP contribution is 2.33. The fraction of sp³-hybridized carbons (Fsp3) is 0.111. The molecule has 5 heteroatoms. The second kappa shape index (κ2) is 7.11. The van der Waals surface area contributed by atoms with Gasteiger partial charge in [-0.05, 0) is 11.6 Å². The molecule has 0 saturated heterocycles. The van der Waals surface area contributed by atoms with Crippen molar-refractivity contribution in [2.24, 2.45) is 0 Å². The Kier molecular flexibility index (Phi) is 4.74. The predicted octanol–water partition coefficient (Wildman–Crippen LogP) is 4.34. The van der Waals surface area contributed by atoms with Gasteiger partial charge in [0.1, 0.15) is 22.9 Å². The largest absolute Gasteiger partial charge is 0.496 e. The maximum Gasteiger partial charge on any atom is 0.148 e. The lowest BCUT2D eigenvalue weighted by atomic mass is 9.98. The van der Waals surface area contributed by atoms with Crippen molar-refractivity contribution in [3.8, 4) is 5.75 Å². The van der Waals surface area contributed by atoms with E-state index in [0.29, 0.717) is 10.8 Å². The minimum Gasteiger partial charge on any atom is -0.496 e. The van der Waals surface area contributed by atoms with Gasteiger partial charge in [0.05, 0.1) is 19.3 Å². The van der Waals surface area contributed by atoms with Crippen LogP contribution in [0.2, 0.25) is 5.02 Å². The van der Waals surface area contributed by atoms with E-state index in [9.17, 15) is 0 Å². The molecule has 0 fully saturated rings. The number of anilines is 1. The highest BCUT2D eigenvalue weighted by Gasteiger charge is 2.19. The van der Waals surface area contributed by atoms with E-state index in [4.69, 9.17) is 16.3 Å². The number of methoxy groups -OCH3 is 1. The van der Waals surface area contributed by atoms with Crippen molar-refractivity contribution >= 4 is 17.4 Å². The molecular formula is C18H16ClN3O. The molecule has 116 valence electrons. The van der Waals surface area contributed by atoms with Crippen LogP contribution in [0.3, 0.4) is 0 Å². The van der Waals surface area contributed by atoms with Gasteiger partial charge in [-0.1, -0.05) is 60.1 Å². The van der Waals surface area contributed by atoms with Gasteiger partial charge in [0.15, 0.2) is 0 Å². The van der Waals surface area contributed by atoms with Gasteiger partial charge in [0, 0.05) is 5.56 Å². The SMILES string of the molecule is COc1ccccc1C(Nc1ncncc1Cl)c1ccccc1. The Morgan fingerprint density at radius 2 is 1.78 bits per heavy atom. The van der Waals surface area contributed by atoms with Crippen LogP contribution in [-0.4, -0.2) is 17.1 Å². The van der Waals surface area contributed by atoms with E-state index in [1.54, 1.807) is 13.3 Å². The third-order valence-corrected chi connectivity index (χ3v) is 3.81. The highest BCUT2D eigenvalue weighted by molar-refractivity contribution is 6.32. The smallest absolute Gasteiger partial charge is 0.148 e. The van der Waals surface area contributed by atoms with Gasteiger partial charge in [-0.25, -0.2) is 9.97 Å². The number of benzene rings is 2. The molecule has 0 aliphatic carbocycles. The van der Waals surface area contributed by atoms with Crippen LogP contribution in [-0.2, 0) is 0 Å². The molecule has 0 aliphatic heterocycles. The van der Waals surface area contributed by atoms with E-state index in [2.05, 4.69) is 27.4 Å². The molecule has 2 aromatic carbocycles. The van der Waals surface area contributed by atoms with Gasteiger partial charge in [-0.15, -0.1) is 0 Å². The molecule has 0 aliphatic rings. The number of rotatable bonds is 5. The van der Waals surface area contributed by atoms with Gasteiger partial charge in [-0.2, -0.15) is 0 Å². The fourth-order valence-electron chi connectivity index (χ4n) is 2.45. The Balaban J connectivity index is 2.06. The summed E-state index contributed by atoms with van der Waals surface area (Å²) < 4.78 is 5.51. The van der Waals surface area contributed by atoms with Crippen molar-refractivity contribution in [2.75, 3.05) is 12.4 Å². The molecule has 3 rings (SSSR count). The molecule has 1 unspecified atom stereocenters.